The Morgan fingerprint density at radius 3 is 2.40 bits per heavy atom. The lowest BCUT2D eigenvalue weighted by Gasteiger charge is -2.17. The van der Waals surface area contributed by atoms with E-state index >= 15 is 0 Å². The lowest BCUT2D eigenvalue weighted by atomic mass is 10.1. The molecular formula is C13H23ClN3O2S-. The van der Waals surface area contributed by atoms with Crippen molar-refractivity contribution in [1.29, 1.82) is 0 Å². The molecule has 0 fully saturated rings. The summed E-state index contributed by atoms with van der Waals surface area (Å²) in [7, 11) is 0. The smallest absolute Gasteiger partial charge is 0.258 e. The topological polar surface area (TPSA) is 69.2 Å². The highest BCUT2D eigenvalue weighted by Gasteiger charge is 2.14. The van der Waals surface area contributed by atoms with Gasteiger partial charge in [-0.3, -0.25) is 4.79 Å². The highest BCUT2D eigenvalue weighted by atomic mass is 35.5. The number of hydrogen-bond donors (Lipinski definition) is 2. The van der Waals surface area contributed by atoms with E-state index in [-0.39, 0.29) is 29.8 Å². The van der Waals surface area contributed by atoms with Crippen LogP contribution in [-0.4, -0.2) is 45.4 Å². The highest BCUT2D eigenvalue weighted by molar-refractivity contribution is 7.99. The van der Waals surface area contributed by atoms with E-state index in [1.54, 1.807) is 0 Å². The van der Waals surface area contributed by atoms with E-state index in [4.69, 9.17) is 0 Å². The van der Waals surface area contributed by atoms with E-state index in [1.165, 1.54) is 11.8 Å². The van der Waals surface area contributed by atoms with Crippen LogP contribution in [0.1, 0.15) is 39.2 Å². The van der Waals surface area contributed by atoms with Gasteiger partial charge < -0.3 is 27.4 Å². The number of rotatable bonds is 7. The van der Waals surface area contributed by atoms with Gasteiger partial charge in [0.1, 0.15) is 0 Å². The minimum absolute atomic E-state index is 0. The van der Waals surface area contributed by atoms with Crippen LogP contribution in [0.25, 0.3) is 0 Å². The Hall–Kier alpha value is -0.720. The standard InChI is InChI=1S/C13H23N3O2S.ClH/c1-5-16(6-2)7-8-19-13-14-11(17)10(9(3)4)12(18)15-13;/h9H,5-8H2,1-4H3,(H2,14,15,17,18);1H/p-1. The molecule has 0 amide bonds. The summed E-state index contributed by atoms with van der Waals surface area (Å²) in [6, 6.07) is 0. The van der Waals surface area contributed by atoms with Crippen LogP contribution >= 0.6 is 11.8 Å². The van der Waals surface area contributed by atoms with Crippen molar-refractivity contribution < 1.29 is 17.5 Å². The van der Waals surface area contributed by atoms with E-state index in [2.05, 4.69) is 28.7 Å². The van der Waals surface area contributed by atoms with Gasteiger partial charge in [0.15, 0.2) is 5.16 Å². The van der Waals surface area contributed by atoms with Crippen molar-refractivity contribution >= 4 is 11.8 Å². The fourth-order valence-electron chi connectivity index (χ4n) is 1.85. The highest BCUT2D eigenvalue weighted by Crippen LogP contribution is 2.21. The summed E-state index contributed by atoms with van der Waals surface area (Å²) in [6.07, 6.45) is 0. The number of nitrogens with one attached hydrogen (secondary N) is 1. The molecule has 0 aliphatic carbocycles. The minimum atomic E-state index is -0.243. The predicted octanol–water partition coefficient (Wildman–Crippen LogP) is -0.963. The van der Waals surface area contributed by atoms with E-state index < -0.39 is 0 Å². The van der Waals surface area contributed by atoms with Crippen LogP contribution in [0, 0.1) is 0 Å². The Labute approximate surface area is 130 Å². The Bertz CT molecular complexity index is 461. The zero-order chi connectivity index (χ0) is 14.4. The summed E-state index contributed by atoms with van der Waals surface area (Å²) in [5.41, 5.74) is 0.112. The number of thioether (sulfide) groups is 1. The number of nitrogens with zero attached hydrogens (tertiary/aromatic N) is 2. The second-order valence-electron chi connectivity index (χ2n) is 4.64. The molecule has 0 bridgehead atoms. The molecule has 0 aliphatic heterocycles. The summed E-state index contributed by atoms with van der Waals surface area (Å²) < 4.78 is 0. The Kier molecular flexibility index (Phi) is 8.93. The zero-order valence-electron chi connectivity index (χ0n) is 12.4. The van der Waals surface area contributed by atoms with Gasteiger partial charge in [-0.1, -0.05) is 39.5 Å². The van der Waals surface area contributed by atoms with Gasteiger partial charge in [-0.05, 0) is 19.0 Å². The van der Waals surface area contributed by atoms with Gasteiger partial charge in [-0.2, -0.15) is 4.98 Å². The fourth-order valence-corrected chi connectivity index (χ4v) is 2.71. The first-order chi connectivity index (χ1) is 8.99. The molecule has 0 atom stereocenters. The number of H-pyrrole nitrogens is 1. The Morgan fingerprint density at radius 2 is 1.95 bits per heavy atom. The molecule has 7 heteroatoms. The molecule has 1 aromatic heterocycles. The van der Waals surface area contributed by atoms with Gasteiger partial charge in [-0.25, -0.2) is 0 Å². The number of halogens is 1. The lowest BCUT2D eigenvalue weighted by molar-refractivity contribution is -0.00000562. The Morgan fingerprint density at radius 1 is 1.35 bits per heavy atom. The summed E-state index contributed by atoms with van der Waals surface area (Å²) in [5.74, 6) is 0.653. The molecule has 2 N–H and O–H groups in total. The third-order valence-electron chi connectivity index (χ3n) is 3.03. The van der Waals surface area contributed by atoms with Crippen molar-refractivity contribution in [3.05, 3.63) is 15.9 Å². The molecule has 0 saturated heterocycles. The molecule has 0 saturated carbocycles. The summed E-state index contributed by atoms with van der Waals surface area (Å²) in [5, 5.41) is 10.3. The third kappa shape index (κ3) is 5.34. The quantitative estimate of drug-likeness (QED) is 0.500. The molecular weight excluding hydrogens is 298 g/mol. The SMILES string of the molecule is CCN(CC)CCSc1nc(O)c(C(C)C)c(=O)[nH]1.[Cl-]. The second kappa shape index (κ2) is 9.26. The second-order valence-corrected chi connectivity index (χ2v) is 5.72. The maximum atomic E-state index is 11.8. The van der Waals surface area contributed by atoms with Crippen molar-refractivity contribution in [1.82, 2.24) is 14.9 Å². The third-order valence-corrected chi connectivity index (χ3v) is 3.88. The van der Waals surface area contributed by atoms with Crippen LogP contribution in [0.2, 0.25) is 0 Å². The molecule has 1 rings (SSSR count). The molecule has 1 aromatic rings. The molecule has 116 valence electrons. The van der Waals surface area contributed by atoms with Crippen molar-refractivity contribution in [2.75, 3.05) is 25.4 Å². The Balaban J connectivity index is 0.00000361. The van der Waals surface area contributed by atoms with Gasteiger partial charge in [0.05, 0.1) is 5.56 Å². The first-order valence-electron chi connectivity index (χ1n) is 6.67. The molecule has 0 spiro atoms. The maximum Gasteiger partial charge on any atom is 0.258 e. The lowest BCUT2D eigenvalue weighted by Crippen LogP contribution is -3.00. The normalized spacial score (nSPS) is 10.9. The molecule has 0 unspecified atom stereocenters. The van der Waals surface area contributed by atoms with Crippen LogP contribution < -0.4 is 18.0 Å². The largest absolute Gasteiger partial charge is 1.00 e. The predicted molar refractivity (Wildman–Crippen MR) is 79.1 cm³/mol. The van der Waals surface area contributed by atoms with E-state index in [0.717, 1.165) is 25.4 Å². The zero-order valence-corrected chi connectivity index (χ0v) is 14.0. The first kappa shape index (κ1) is 19.3. The van der Waals surface area contributed by atoms with Crippen molar-refractivity contribution in [3.63, 3.8) is 0 Å². The van der Waals surface area contributed by atoms with Crippen LogP contribution in [-0.2, 0) is 0 Å². The van der Waals surface area contributed by atoms with Crippen LogP contribution in [0.5, 0.6) is 5.88 Å². The molecule has 0 aromatic carbocycles. The molecule has 20 heavy (non-hydrogen) atoms. The van der Waals surface area contributed by atoms with E-state index in [1.807, 2.05) is 13.8 Å². The van der Waals surface area contributed by atoms with Gasteiger partial charge >= 0.3 is 0 Å². The maximum absolute atomic E-state index is 11.8. The molecule has 1 heterocycles. The number of aromatic amines is 1. The number of aromatic hydroxyl groups is 1. The molecule has 0 radical (unpaired) electrons. The van der Waals surface area contributed by atoms with Gasteiger partial charge in [0, 0.05) is 12.3 Å². The average Bonchev–Trinajstić information content (AvgIpc) is 2.33. The summed E-state index contributed by atoms with van der Waals surface area (Å²) in [6.45, 7) is 10.9. The summed E-state index contributed by atoms with van der Waals surface area (Å²) >= 11 is 1.46. The van der Waals surface area contributed by atoms with Crippen LogP contribution in [0.15, 0.2) is 9.95 Å². The number of aromatic nitrogens is 2. The van der Waals surface area contributed by atoms with E-state index in [9.17, 15) is 9.90 Å². The van der Waals surface area contributed by atoms with E-state index in [0.29, 0.717) is 10.7 Å². The van der Waals surface area contributed by atoms with Crippen LogP contribution in [0.4, 0.5) is 0 Å². The van der Waals surface area contributed by atoms with Crippen molar-refractivity contribution in [2.45, 2.75) is 38.8 Å². The average molecular weight is 321 g/mol. The first-order valence-corrected chi connectivity index (χ1v) is 7.66. The molecule has 0 aliphatic rings. The van der Waals surface area contributed by atoms with Crippen molar-refractivity contribution in [2.24, 2.45) is 0 Å². The van der Waals surface area contributed by atoms with Gasteiger partial charge in [0.2, 0.25) is 5.88 Å². The van der Waals surface area contributed by atoms with Gasteiger partial charge in [0.25, 0.3) is 5.56 Å². The summed E-state index contributed by atoms with van der Waals surface area (Å²) in [4.78, 5) is 20.9. The number of hydrogen-bond acceptors (Lipinski definition) is 5. The minimum Gasteiger partial charge on any atom is -1.00 e. The van der Waals surface area contributed by atoms with Gasteiger partial charge in [-0.15, -0.1) is 0 Å². The molecule has 5 nitrogen and oxygen atoms in total. The van der Waals surface area contributed by atoms with Crippen LogP contribution in [0.3, 0.4) is 0 Å². The monoisotopic (exact) mass is 320 g/mol. The fraction of sp³-hybridized carbons (Fsp3) is 0.692. The van der Waals surface area contributed by atoms with Crippen molar-refractivity contribution in [3.8, 4) is 5.88 Å².